The maximum atomic E-state index is 12.8. The lowest BCUT2D eigenvalue weighted by Crippen LogP contribution is -2.22. The Morgan fingerprint density at radius 2 is 1.71 bits per heavy atom. The van der Waals surface area contributed by atoms with Crippen molar-refractivity contribution >= 4 is 23.2 Å². The second kappa shape index (κ2) is 9.46. The number of ether oxygens (including phenoxy) is 1. The van der Waals surface area contributed by atoms with Crippen LogP contribution in [0.2, 0.25) is 0 Å². The fourth-order valence-corrected chi connectivity index (χ4v) is 3.75. The zero-order valence-corrected chi connectivity index (χ0v) is 18.6. The molecule has 2 heterocycles. The molecule has 7 heteroatoms. The van der Waals surface area contributed by atoms with Crippen LogP contribution in [0.25, 0.3) is 16.9 Å². The van der Waals surface area contributed by atoms with Crippen LogP contribution in [0.1, 0.15) is 15.9 Å². The minimum Gasteiger partial charge on any atom is -0.495 e. The van der Waals surface area contributed by atoms with E-state index in [1.807, 2.05) is 91.0 Å². The number of nitrogens with one attached hydrogen (secondary N) is 2. The molecule has 0 aliphatic heterocycles. The SMILES string of the molecule is COc1ccccc1Nc1nc2cccc(-c3cccc(C(=O)NCc4ccccc4)c3)n2n1. The zero-order valence-electron chi connectivity index (χ0n) is 18.6. The van der Waals surface area contributed by atoms with Crippen LogP contribution in [0.3, 0.4) is 0 Å². The van der Waals surface area contributed by atoms with Gasteiger partial charge in [-0.1, -0.05) is 60.7 Å². The van der Waals surface area contributed by atoms with Gasteiger partial charge in [0.15, 0.2) is 5.65 Å². The molecule has 0 radical (unpaired) electrons. The second-order valence-electron chi connectivity index (χ2n) is 7.69. The molecule has 3 aromatic carbocycles. The van der Waals surface area contributed by atoms with Gasteiger partial charge in [-0.3, -0.25) is 4.79 Å². The van der Waals surface area contributed by atoms with E-state index in [9.17, 15) is 4.79 Å². The highest BCUT2D eigenvalue weighted by Gasteiger charge is 2.13. The summed E-state index contributed by atoms with van der Waals surface area (Å²) in [5.74, 6) is 1.03. The molecule has 0 spiro atoms. The number of methoxy groups -OCH3 is 1. The van der Waals surface area contributed by atoms with Crippen molar-refractivity contribution < 1.29 is 9.53 Å². The fraction of sp³-hybridized carbons (Fsp3) is 0.0741. The van der Waals surface area contributed by atoms with Crippen LogP contribution in [-0.4, -0.2) is 27.6 Å². The van der Waals surface area contributed by atoms with Crippen LogP contribution in [0.5, 0.6) is 5.75 Å². The lowest BCUT2D eigenvalue weighted by atomic mass is 10.1. The van der Waals surface area contributed by atoms with Gasteiger partial charge in [0.25, 0.3) is 5.91 Å². The van der Waals surface area contributed by atoms with Crippen molar-refractivity contribution in [1.29, 1.82) is 0 Å². The summed E-state index contributed by atoms with van der Waals surface area (Å²) in [6.07, 6.45) is 0. The number of rotatable bonds is 7. The van der Waals surface area contributed by atoms with Crippen molar-refractivity contribution in [1.82, 2.24) is 19.9 Å². The Balaban J connectivity index is 1.41. The molecule has 2 N–H and O–H groups in total. The molecule has 5 rings (SSSR count). The summed E-state index contributed by atoms with van der Waals surface area (Å²) in [5.41, 5.74) is 4.79. The largest absolute Gasteiger partial charge is 0.495 e. The molecular weight excluding hydrogens is 426 g/mol. The Morgan fingerprint density at radius 3 is 2.56 bits per heavy atom. The molecule has 0 bridgehead atoms. The van der Waals surface area contributed by atoms with E-state index in [0.717, 1.165) is 22.5 Å². The summed E-state index contributed by atoms with van der Waals surface area (Å²) in [4.78, 5) is 17.4. The standard InChI is InChI=1S/C27H23N5O2/c1-34-24-15-6-5-13-22(24)29-27-30-25-16-8-14-23(32(25)31-27)20-11-7-12-21(17-20)26(33)28-18-19-9-3-2-4-10-19/h2-17H,18H2,1H3,(H,28,33)(H,29,31). The first-order valence-corrected chi connectivity index (χ1v) is 10.9. The number of nitrogens with zero attached hydrogens (tertiary/aromatic N) is 3. The molecule has 0 fully saturated rings. The minimum absolute atomic E-state index is 0.130. The van der Waals surface area contributed by atoms with Crippen LogP contribution in [0.15, 0.2) is 97.1 Å². The topological polar surface area (TPSA) is 80.5 Å². The highest BCUT2D eigenvalue weighted by molar-refractivity contribution is 5.95. The van der Waals surface area contributed by atoms with E-state index in [1.54, 1.807) is 17.7 Å². The Kier molecular flexibility index (Phi) is 5.90. The molecular formula is C27H23N5O2. The molecule has 0 saturated heterocycles. The van der Waals surface area contributed by atoms with E-state index in [4.69, 9.17) is 4.74 Å². The summed E-state index contributed by atoms with van der Waals surface area (Å²) < 4.78 is 7.17. The average molecular weight is 450 g/mol. The molecule has 34 heavy (non-hydrogen) atoms. The number of para-hydroxylation sites is 2. The monoisotopic (exact) mass is 449 g/mol. The van der Waals surface area contributed by atoms with Crippen molar-refractivity contribution in [2.24, 2.45) is 0 Å². The summed E-state index contributed by atoms with van der Waals surface area (Å²) >= 11 is 0. The van der Waals surface area contributed by atoms with E-state index in [2.05, 4.69) is 20.7 Å². The molecule has 168 valence electrons. The first-order chi connectivity index (χ1) is 16.7. The summed E-state index contributed by atoms with van der Waals surface area (Å²) in [7, 11) is 1.62. The smallest absolute Gasteiger partial charge is 0.251 e. The first kappa shape index (κ1) is 21.2. The first-order valence-electron chi connectivity index (χ1n) is 10.9. The molecule has 7 nitrogen and oxygen atoms in total. The van der Waals surface area contributed by atoms with E-state index in [0.29, 0.717) is 29.5 Å². The third kappa shape index (κ3) is 4.45. The van der Waals surface area contributed by atoms with Gasteiger partial charge in [0, 0.05) is 17.7 Å². The fourth-order valence-electron chi connectivity index (χ4n) is 3.75. The summed E-state index contributed by atoms with van der Waals surface area (Å²) in [5, 5.41) is 10.8. The van der Waals surface area contributed by atoms with Crippen molar-refractivity contribution in [2.45, 2.75) is 6.54 Å². The number of benzene rings is 3. The predicted molar refractivity (Wildman–Crippen MR) is 132 cm³/mol. The number of aromatic nitrogens is 3. The van der Waals surface area contributed by atoms with Crippen molar-refractivity contribution in [3.05, 3.63) is 108 Å². The number of anilines is 2. The van der Waals surface area contributed by atoms with Gasteiger partial charge < -0.3 is 15.4 Å². The zero-order chi connectivity index (χ0) is 23.3. The molecule has 0 saturated carbocycles. The third-order valence-electron chi connectivity index (χ3n) is 5.43. The van der Waals surface area contributed by atoms with Crippen molar-refractivity contribution in [3.63, 3.8) is 0 Å². The quantitative estimate of drug-likeness (QED) is 0.362. The Bertz CT molecular complexity index is 1450. The number of carbonyl (C=O) groups excluding carboxylic acids is 1. The third-order valence-corrected chi connectivity index (χ3v) is 5.43. The number of carbonyl (C=O) groups is 1. The molecule has 2 aromatic heterocycles. The molecule has 0 aliphatic rings. The lowest BCUT2D eigenvalue weighted by molar-refractivity contribution is 0.0951. The highest BCUT2D eigenvalue weighted by atomic mass is 16.5. The van der Waals surface area contributed by atoms with Crippen LogP contribution < -0.4 is 15.4 Å². The minimum atomic E-state index is -0.130. The Morgan fingerprint density at radius 1 is 0.912 bits per heavy atom. The lowest BCUT2D eigenvalue weighted by Gasteiger charge is -2.09. The van der Waals surface area contributed by atoms with Gasteiger partial charge in [-0.15, -0.1) is 5.10 Å². The molecule has 5 aromatic rings. The number of hydrogen-bond donors (Lipinski definition) is 2. The van der Waals surface area contributed by atoms with Gasteiger partial charge in [-0.25, -0.2) is 4.52 Å². The number of amides is 1. The summed E-state index contributed by atoms with van der Waals surface area (Å²) in [6.45, 7) is 0.473. The summed E-state index contributed by atoms with van der Waals surface area (Å²) in [6, 6.07) is 30.7. The average Bonchev–Trinajstić information content (AvgIpc) is 3.31. The van der Waals surface area contributed by atoms with E-state index in [-0.39, 0.29) is 5.91 Å². The molecule has 0 unspecified atom stereocenters. The van der Waals surface area contributed by atoms with Gasteiger partial charge in [-0.2, -0.15) is 4.98 Å². The molecule has 1 amide bonds. The molecule has 0 aliphatic carbocycles. The van der Waals surface area contributed by atoms with Gasteiger partial charge in [0.2, 0.25) is 5.95 Å². The van der Waals surface area contributed by atoms with Gasteiger partial charge in [0.1, 0.15) is 5.75 Å². The van der Waals surface area contributed by atoms with E-state index < -0.39 is 0 Å². The van der Waals surface area contributed by atoms with Gasteiger partial charge in [0.05, 0.1) is 18.5 Å². The van der Waals surface area contributed by atoms with Crippen molar-refractivity contribution in [3.8, 4) is 17.0 Å². The van der Waals surface area contributed by atoms with Crippen LogP contribution >= 0.6 is 0 Å². The van der Waals surface area contributed by atoms with E-state index in [1.165, 1.54) is 0 Å². The Labute approximate surface area is 197 Å². The van der Waals surface area contributed by atoms with Gasteiger partial charge in [-0.05, 0) is 42.0 Å². The maximum Gasteiger partial charge on any atom is 0.251 e. The molecule has 0 atom stereocenters. The van der Waals surface area contributed by atoms with Crippen LogP contribution in [0, 0.1) is 0 Å². The predicted octanol–water partition coefficient (Wildman–Crippen LogP) is 5.08. The maximum absolute atomic E-state index is 12.8. The normalized spacial score (nSPS) is 10.7. The second-order valence-corrected chi connectivity index (χ2v) is 7.69. The highest BCUT2D eigenvalue weighted by Crippen LogP contribution is 2.27. The van der Waals surface area contributed by atoms with Crippen LogP contribution in [-0.2, 0) is 6.54 Å². The van der Waals surface area contributed by atoms with Gasteiger partial charge >= 0.3 is 0 Å². The number of hydrogen-bond acceptors (Lipinski definition) is 5. The Hall–Kier alpha value is -4.65. The van der Waals surface area contributed by atoms with E-state index >= 15 is 0 Å². The number of pyridine rings is 1. The number of fused-ring (bicyclic) bond motifs is 1. The van der Waals surface area contributed by atoms with Crippen LogP contribution in [0.4, 0.5) is 11.6 Å². The van der Waals surface area contributed by atoms with Crippen molar-refractivity contribution in [2.75, 3.05) is 12.4 Å².